The van der Waals surface area contributed by atoms with Gasteiger partial charge in [-0.3, -0.25) is 24.6 Å². The van der Waals surface area contributed by atoms with E-state index in [2.05, 4.69) is 15.4 Å². The van der Waals surface area contributed by atoms with Gasteiger partial charge in [0.2, 0.25) is 0 Å². The molecule has 3 aromatic heterocycles. The van der Waals surface area contributed by atoms with E-state index in [-0.39, 0.29) is 11.3 Å². The molecule has 0 bridgehead atoms. The normalized spacial score (nSPS) is 11.6. The van der Waals surface area contributed by atoms with Gasteiger partial charge in [0.1, 0.15) is 6.20 Å². The number of aliphatic hydroxyl groups is 1. The van der Waals surface area contributed by atoms with Crippen LogP contribution in [0.2, 0.25) is 0 Å². The number of fused-ring (bicyclic) bond motifs is 1. The summed E-state index contributed by atoms with van der Waals surface area (Å²) in [7, 11) is 0. The first-order chi connectivity index (χ1) is 15.2. The topological polar surface area (TPSA) is 123 Å². The molecule has 0 aliphatic heterocycles. The molecule has 1 aromatic carbocycles. The van der Waals surface area contributed by atoms with E-state index in [9.17, 15) is 20.0 Å². The lowest BCUT2D eigenvalue weighted by Crippen LogP contribution is -2.21. The van der Waals surface area contributed by atoms with Crippen LogP contribution >= 0.6 is 11.3 Å². The molecule has 0 atom stereocenters. The number of hydrogen-bond acceptors (Lipinski definition) is 7. The third-order valence-corrected chi connectivity index (χ3v) is 5.60. The minimum Gasteiger partial charge on any atom is -0.390 e. The number of aromatic nitrogens is 3. The number of hydrogen-bond donors (Lipinski definition) is 2. The van der Waals surface area contributed by atoms with Gasteiger partial charge in [0.25, 0.3) is 11.6 Å². The number of nitrogens with one attached hydrogen (secondary N) is 1. The number of anilines is 1. The number of nitrogens with zero attached hydrogens (tertiary/aromatic N) is 4. The second-order valence-corrected chi connectivity index (χ2v) is 8.85. The number of rotatable bonds is 7. The maximum Gasteiger partial charge on any atom is 0.288 e. The van der Waals surface area contributed by atoms with E-state index < -0.39 is 16.4 Å². The van der Waals surface area contributed by atoms with Gasteiger partial charge >= 0.3 is 0 Å². The van der Waals surface area contributed by atoms with Crippen molar-refractivity contribution in [2.24, 2.45) is 0 Å². The van der Waals surface area contributed by atoms with Crippen molar-refractivity contribution in [2.75, 3.05) is 5.32 Å². The van der Waals surface area contributed by atoms with Crippen LogP contribution in [0.15, 0.2) is 53.6 Å². The van der Waals surface area contributed by atoms with E-state index >= 15 is 0 Å². The molecule has 0 saturated carbocycles. The van der Waals surface area contributed by atoms with Crippen molar-refractivity contribution in [2.45, 2.75) is 32.4 Å². The van der Waals surface area contributed by atoms with Crippen LogP contribution in [0.3, 0.4) is 0 Å². The number of benzene rings is 1. The molecular formula is C22H21N5O4S. The fourth-order valence-corrected chi connectivity index (χ4v) is 3.89. The van der Waals surface area contributed by atoms with E-state index in [0.29, 0.717) is 18.7 Å². The summed E-state index contributed by atoms with van der Waals surface area (Å²) in [5, 5.41) is 33.2. The molecule has 164 valence electrons. The van der Waals surface area contributed by atoms with Crippen molar-refractivity contribution >= 4 is 39.5 Å². The van der Waals surface area contributed by atoms with Crippen molar-refractivity contribution in [1.82, 2.24) is 14.8 Å². The molecule has 0 aliphatic rings. The molecule has 32 heavy (non-hydrogen) atoms. The van der Waals surface area contributed by atoms with Gasteiger partial charge in [0.05, 0.1) is 21.6 Å². The van der Waals surface area contributed by atoms with Crippen LogP contribution in [0.1, 0.15) is 30.6 Å². The molecule has 4 rings (SSSR count). The lowest BCUT2D eigenvalue weighted by Gasteiger charge is -2.16. The number of carbonyl (C=O) groups is 1. The van der Waals surface area contributed by atoms with Crippen LogP contribution in [0, 0.1) is 10.1 Å². The van der Waals surface area contributed by atoms with Crippen molar-refractivity contribution in [3.8, 4) is 11.1 Å². The summed E-state index contributed by atoms with van der Waals surface area (Å²) in [6.45, 7) is 4.05. The second-order valence-electron chi connectivity index (χ2n) is 8.07. The molecule has 4 aromatic rings. The summed E-state index contributed by atoms with van der Waals surface area (Å²) in [6, 6.07) is 6.87. The van der Waals surface area contributed by atoms with Gasteiger partial charge in [0, 0.05) is 41.6 Å². The second kappa shape index (κ2) is 8.48. The third-order valence-electron chi connectivity index (χ3n) is 4.92. The Hall–Kier alpha value is -3.63. The van der Waals surface area contributed by atoms with Crippen molar-refractivity contribution < 1.29 is 14.8 Å². The van der Waals surface area contributed by atoms with Crippen molar-refractivity contribution in [3.63, 3.8) is 0 Å². The molecule has 1 amide bonds. The Morgan fingerprint density at radius 3 is 2.81 bits per heavy atom. The highest BCUT2D eigenvalue weighted by Gasteiger charge is 2.17. The Labute approximate surface area is 187 Å². The highest BCUT2D eigenvalue weighted by Crippen LogP contribution is 2.34. The molecule has 0 spiro atoms. The van der Waals surface area contributed by atoms with Crippen LogP contribution in [0.25, 0.3) is 22.0 Å². The Balaban J connectivity index is 1.70. The first-order valence-electron chi connectivity index (χ1n) is 9.86. The predicted molar refractivity (Wildman–Crippen MR) is 123 cm³/mol. The van der Waals surface area contributed by atoms with Gasteiger partial charge in [-0.05, 0) is 54.8 Å². The van der Waals surface area contributed by atoms with Gasteiger partial charge in [-0.15, -0.1) is 0 Å². The molecule has 0 fully saturated rings. The van der Waals surface area contributed by atoms with E-state index in [0.717, 1.165) is 28.2 Å². The van der Waals surface area contributed by atoms with Crippen molar-refractivity contribution in [3.05, 3.63) is 69.3 Å². The fourth-order valence-electron chi connectivity index (χ4n) is 3.23. The van der Waals surface area contributed by atoms with E-state index in [1.165, 1.54) is 23.6 Å². The standard InChI is InChI=1S/C22H21N5O4S/c1-22(2,29)4-5-26-12-16-8-20(18(9-19(16)25-26)14-3-6-32-13-14)24-21(28)15-7-17(27(30)31)11-23-10-15/h3,6-13,29H,4-5H2,1-2H3,(H,24,28). The highest BCUT2D eigenvalue weighted by atomic mass is 32.1. The molecule has 0 radical (unpaired) electrons. The zero-order valence-corrected chi connectivity index (χ0v) is 18.3. The minimum atomic E-state index is -0.800. The average molecular weight is 452 g/mol. The SMILES string of the molecule is CC(C)(O)CCn1cc2cc(NC(=O)c3cncc([N+](=O)[O-])c3)c(-c3ccsc3)cc2n1. The Morgan fingerprint density at radius 2 is 2.12 bits per heavy atom. The van der Waals surface area contributed by atoms with E-state index in [4.69, 9.17) is 0 Å². The lowest BCUT2D eigenvalue weighted by molar-refractivity contribution is -0.385. The van der Waals surface area contributed by atoms with Crippen LogP contribution in [0.5, 0.6) is 0 Å². The summed E-state index contributed by atoms with van der Waals surface area (Å²) in [6.07, 6.45) is 4.80. The molecule has 0 aliphatic carbocycles. The summed E-state index contributed by atoms with van der Waals surface area (Å²) in [5.74, 6) is -0.494. The summed E-state index contributed by atoms with van der Waals surface area (Å²) in [4.78, 5) is 27.1. The summed E-state index contributed by atoms with van der Waals surface area (Å²) >= 11 is 1.53. The zero-order chi connectivity index (χ0) is 22.9. The van der Waals surface area contributed by atoms with Crippen LogP contribution < -0.4 is 5.32 Å². The number of pyridine rings is 1. The largest absolute Gasteiger partial charge is 0.390 e. The molecule has 9 nitrogen and oxygen atoms in total. The number of thiophene rings is 1. The molecule has 2 N–H and O–H groups in total. The Morgan fingerprint density at radius 1 is 1.31 bits per heavy atom. The molecule has 0 unspecified atom stereocenters. The van der Waals surface area contributed by atoms with Crippen LogP contribution in [0.4, 0.5) is 11.4 Å². The van der Waals surface area contributed by atoms with Gasteiger partial charge < -0.3 is 10.4 Å². The number of carbonyl (C=O) groups excluding carboxylic acids is 1. The molecule has 10 heteroatoms. The van der Waals surface area contributed by atoms with Gasteiger partial charge in [-0.1, -0.05) is 0 Å². The van der Waals surface area contributed by atoms with Crippen molar-refractivity contribution in [1.29, 1.82) is 0 Å². The maximum absolute atomic E-state index is 12.8. The molecule has 3 heterocycles. The molecular weight excluding hydrogens is 430 g/mol. The highest BCUT2D eigenvalue weighted by molar-refractivity contribution is 7.08. The number of aryl methyl sites for hydroxylation is 1. The van der Waals surface area contributed by atoms with E-state index in [1.54, 1.807) is 18.5 Å². The Bertz CT molecular complexity index is 1290. The Kier molecular flexibility index (Phi) is 5.72. The number of amides is 1. The smallest absolute Gasteiger partial charge is 0.288 e. The zero-order valence-electron chi connectivity index (χ0n) is 17.5. The number of nitro groups is 1. The molecule has 0 saturated heterocycles. The van der Waals surface area contributed by atoms with Crippen LogP contribution in [-0.2, 0) is 6.54 Å². The third kappa shape index (κ3) is 4.82. The summed E-state index contributed by atoms with van der Waals surface area (Å²) < 4.78 is 1.77. The fraction of sp³-hybridized carbons (Fsp3) is 0.227. The van der Waals surface area contributed by atoms with Gasteiger partial charge in [-0.2, -0.15) is 16.4 Å². The predicted octanol–water partition coefficient (Wildman–Crippen LogP) is 4.48. The first kappa shape index (κ1) is 21.6. The van der Waals surface area contributed by atoms with Gasteiger partial charge in [0.15, 0.2) is 0 Å². The average Bonchev–Trinajstić information content (AvgIpc) is 3.40. The van der Waals surface area contributed by atoms with Gasteiger partial charge in [-0.25, -0.2) is 0 Å². The quantitative estimate of drug-likeness (QED) is 0.315. The minimum absolute atomic E-state index is 0.0939. The first-order valence-corrected chi connectivity index (χ1v) is 10.8. The van der Waals surface area contributed by atoms with Crippen LogP contribution in [-0.4, -0.2) is 36.3 Å². The summed E-state index contributed by atoms with van der Waals surface area (Å²) in [5.41, 5.74) is 2.08. The van der Waals surface area contributed by atoms with E-state index in [1.807, 2.05) is 35.2 Å². The maximum atomic E-state index is 12.8. The monoisotopic (exact) mass is 451 g/mol. The lowest BCUT2D eigenvalue weighted by atomic mass is 10.0.